The van der Waals surface area contributed by atoms with Crippen LogP contribution in [0.1, 0.15) is 27.7 Å². The Balaban J connectivity index is 2.17. The first-order valence-corrected chi connectivity index (χ1v) is 8.08. The van der Waals surface area contributed by atoms with Gasteiger partial charge < -0.3 is 24.1 Å². The minimum absolute atomic E-state index is 0.233. The Kier molecular flexibility index (Phi) is 4.83. The van der Waals surface area contributed by atoms with Gasteiger partial charge in [0.25, 0.3) is 0 Å². The van der Waals surface area contributed by atoms with E-state index >= 15 is 0 Å². The number of hydrogen-bond acceptors (Lipinski definition) is 6. The maximum Gasteiger partial charge on any atom is 0.164 e. The van der Waals surface area contributed by atoms with Crippen LogP contribution in [0.15, 0.2) is 11.5 Å². The molecule has 6 heteroatoms. The van der Waals surface area contributed by atoms with Gasteiger partial charge >= 0.3 is 0 Å². The fourth-order valence-corrected chi connectivity index (χ4v) is 2.80. The molecular formula is C14H24O5S. The third-order valence-electron chi connectivity index (χ3n) is 3.29. The molecule has 1 N–H and O–H groups in total. The second kappa shape index (κ2) is 5.94. The Labute approximate surface area is 124 Å². The molecule has 4 atom stereocenters. The molecule has 0 spiro atoms. The van der Waals surface area contributed by atoms with E-state index in [1.165, 1.54) is 0 Å². The number of rotatable bonds is 3. The summed E-state index contributed by atoms with van der Waals surface area (Å²) in [7, 11) is 0. The highest BCUT2D eigenvalue weighted by Crippen LogP contribution is 2.36. The molecule has 0 unspecified atom stereocenters. The number of aliphatic hydroxyl groups is 1. The summed E-state index contributed by atoms with van der Waals surface area (Å²) in [5.74, 6) is -1.42. The highest BCUT2D eigenvalue weighted by molar-refractivity contribution is 8.01. The second-order valence-corrected chi connectivity index (χ2v) is 6.73. The molecule has 2 rings (SSSR count). The monoisotopic (exact) mass is 304 g/mol. The van der Waals surface area contributed by atoms with Gasteiger partial charge in [0, 0.05) is 0 Å². The van der Waals surface area contributed by atoms with Gasteiger partial charge in [-0.1, -0.05) is 0 Å². The SMILES string of the molecule is CS/C=C/[C@H]1OC(C)(C)O[C@H]1[C@@H]1OC(C)(C)OC[C@H]1O. The highest BCUT2D eigenvalue weighted by Gasteiger charge is 2.50. The maximum absolute atomic E-state index is 10.2. The third kappa shape index (κ3) is 3.75. The number of ether oxygens (including phenoxy) is 4. The zero-order valence-corrected chi connectivity index (χ0v) is 13.5. The molecule has 0 aromatic carbocycles. The van der Waals surface area contributed by atoms with Gasteiger partial charge in [0.2, 0.25) is 0 Å². The molecule has 2 fully saturated rings. The van der Waals surface area contributed by atoms with Gasteiger partial charge in [-0.15, -0.1) is 11.8 Å². The van der Waals surface area contributed by atoms with Gasteiger partial charge in [-0.3, -0.25) is 0 Å². The van der Waals surface area contributed by atoms with Gasteiger partial charge in [-0.25, -0.2) is 0 Å². The summed E-state index contributed by atoms with van der Waals surface area (Å²) in [6, 6.07) is 0. The van der Waals surface area contributed by atoms with Crippen LogP contribution in [0.3, 0.4) is 0 Å². The van der Waals surface area contributed by atoms with Crippen molar-refractivity contribution in [2.75, 3.05) is 12.9 Å². The highest BCUT2D eigenvalue weighted by atomic mass is 32.2. The predicted molar refractivity (Wildman–Crippen MR) is 77.4 cm³/mol. The minimum Gasteiger partial charge on any atom is -0.388 e. The summed E-state index contributed by atoms with van der Waals surface area (Å²) < 4.78 is 23.1. The Hall–Kier alpha value is -0.110. The Bertz CT molecular complexity index is 369. The Morgan fingerprint density at radius 3 is 2.35 bits per heavy atom. The molecule has 20 heavy (non-hydrogen) atoms. The number of aliphatic hydroxyl groups excluding tert-OH is 1. The lowest BCUT2D eigenvalue weighted by molar-refractivity contribution is -0.322. The first-order chi connectivity index (χ1) is 9.24. The van der Waals surface area contributed by atoms with Crippen molar-refractivity contribution in [3.8, 4) is 0 Å². The van der Waals surface area contributed by atoms with Crippen LogP contribution in [-0.4, -0.2) is 54.0 Å². The van der Waals surface area contributed by atoms with E-state index in [-0.39, 0.29) is 18.8 Å². The fraction of sp³-hybridized carbons (Fsp3) is 0.857. The summed E-state index contributed by atoms with van der Waals surface area (Å²) in [4.78, 5) is 0. The summed E-state index contributed by atoms with van der Waals surface area (Å²) >= 11 is 1.59. The lowest BCUT2D eigenvalue weighted by Gasteiger charge is -2.41. The molecule has 2 aliphatic heterocycles. The zero-order valence-electron chi connectivity index (χ0n) is 12.7. The lowest BCUT2D eigenvalue weighted by atomic mass is 10.0. The summed E-state index contributed by atoms with van der Waals surface area (Å²) in [5.41, 5.74) is 0. The van der Waals surface area contributed by atoms with Crippen LogP contribution in [0.5, 0.6) is 0 Å². The molecule has 116 valence electrons. The van der Waals surface area contributed by atoms with Crippen molar-refractivity contribution in [1.29, 1.82) is 0 Å². The van der Waals surface area contributed by atoms with Crippen molar-refractivity contribution in [3.05, 3.63) is 11.5 Å². The molecular weight excluding hydrogens is 280 g/mol. The maximum atomic E-state index is 10.2. The number of hydrogen-bond donors (Lipinski definition) is 1. The van der Waals surface area contributed by atoms with Crippen LogP contribution >= 0.6 is 11.8 Å². The van der Waals surface area contributed by atoms with Crippen LogP contribution in [0.25, 0.3) is 0 Å². The molecule has 0 aliphatic carbocycles. The van der Waals surface area contributed by atoms with Gasteiger partial charge in [0.1, 0.15) is 24.4 Å². The van der Waals surface area contributed by atoms with E-state index in [1.807, 2.05) is 45.4 Å². The molecule has 0 saturated carbocycles. The normalized spacial score (nSPS) is 40.3. The van der Waals surface area contributed by atoms with Crippen molar-refractivity contribution in [2.24, 2.45) is 0 Å². The van der Waals surface area contributed by atoms with E-state index in [1.54, 1.807) is 11.8 Å². The lowest BCUT2D eigenvalue weighted by Crippen LogP contribution is -2.55. The van der Waals surface area contributed by atoms with Crippen LogP contribution in [0.2, 0.25) is 0 Å². The van der Waals surface area contributed by atoms with E-state index in [9.17, 15) is 5.11 Å². The standard InChI is InChI=1S/C14H24O5S/c1-13(2)16-8-9(15)11(18-13)12-10(6-7-20-5)17-14(3,4)19-12/h6-7,9-12,15H,8H2,1-5H3/b7-6+/t9-,10-,11-,12-/m1/s1. The van der Waals surface area contributed by atoms with E-state index in [2.05, 4.69) is 0 Å². The summed E-state index contributed by atoms with van der Waals surface area (Å²) in [5, 5.41) is 12.1. The van der Waals surface area contributed by atoms with E-state index < -0.39 is 23.8 Å². The van der Waals surface area contributed by atoms with Gasteiger partial charge in [0.15, 0.2) is 11.6 Å². The predicted octanol–water partition coefficient (Wildman–Crippen LogP) is 1.90. The van der Waals surface area contributed by atoms with Crippen molar-refractivity contribution in [3.63, 3.8) is 0 Å². The van der Waals surface area contributed by atoms with Crippen LogP contribution in [0, 0.1) is 0 Å². The van der Waals surface area contributed by atoms with Crippen molar-refractivity contribution < 1.29 is 24.1 Å². The average molecular weight is 304 g/mol. The zero-order chi connectivity index (χ0) is 15.0. The minimum atomic E-state index is -0.728. The molecule has 5 nitrogen and oxygen atoms in total. The van der Waals surface area contributed by atoms with Crippen molar-refractivity contribution in [1.82, 2.24) is 0 Å². The molecule has 0 radical (unpaired) electrons. The van der Waals surface area contributed by atoms with Gasteiger partial charge in [-0.2, -0.15) is 0 Å². The number of thioether (sulfide) groups is 1. The first-order valence-electron chi connectivity index (χ1n) is 6.79. The largest absolute Gasteiger partial charge is 0.388 e. The average Bonchev–Trinajstić information content (AvgIpc) is 2.65. The molecule has 2 heterocycles. The molecule has 2 saturated heterocycles. The van der Waals surface area contributed by atoms with Crippen LogP contribution in [0.4, 0.5) is 0 Å². The molecule has 0 aromatic heterocycles. The quantitative estimate of drug-likeness (QED) is 0.859. The van der Waals surface area contributed by atoms with E-state index in [4.69, 9.17) is 18.9 Å². The van der Waals surface area contributed by atoms with Crippen molar-refractivity contribution >= 4 is 11.8 Å². The topological polar surface area (TPSA) is 57.2 Å². The Morgan fingerprint density at radius 2 is 1.70 bits per heavy atom. The third-order valence-corrected chi connectivity index (χ3v) is 3.72. The molecule has 0 bridgehead atoms. The van der Waals surface area contributed by atoms with Crippen LogP contribution in [-0.2, 0) is 18.9 Å². The smallest absolute Gasteiger partial charge is 0.164 e. The van der Waals surface area contributed by atoms with Gasteiger partial charge in [-0.05, 0) is 45.4 Å². The van der Waals surface area contributed by atoms with Crippen molar-refractivity contribution in [2.45, 2.75) is 63.7 Å². The molecule has 0 aromatic rings. The summed E-state index contributed by atoms with van der Waals surface area (Å²) in [6.07, 6.45) is 2.13. The fourth-order valence-electron chi connectivity index (χ4n) is 2.48. The van der Waals surface area contributed by atoms with Crippen LogP contribution < -0.4 is 0 Å². The summed E-state index contributed by atoms with van der Waals surface area (Å²) in [6.45, 7) is 7.63. The molecule has 2 aliphatic rings. The first kappa shape index (κ1) is 16.3. The second-order valence-electron chi connectivity index (χ2n) is 5.99. The van der Waals surface area contributed by atoms with E-state index in [0.29, 0.717) is 0 Å². The molecule has 0 amide bonds. The Morgan fingerprint density at radius 1 is 1.05 bits per heavy atom. The van der Waals surface area contributed by atoms with E-state index in [0.717, 1.165) is 0 Å². The van der Waals surface area contributed by atoms with Gasteiger partial charge in [0.05, 0.1) is 6.61 Å².